The molecule has 2 N–H and O–H groups in total. The van der Waals surface area contributed by atoms with Gasteiger partial charge in [-0.2, -0.15) is 0 Å². The zero-order valence-corrected chi connectivity index (χ0v) is 6.09. The molecule has 0 heterocycles. The van der Waals surface area contributed by atoms with Crippen LogP contribution in [0.25, 0.3) is 0 Å². The van der Waals surface area contributed by atoms with Gasteiger partial charge in [-0.25, -0.2) is 0 Å². The van der Waals surface area contributed by atoms with E-state index in [0.717, 1.165) is 12.1 Å². The van der Waals surface area contributed by atoms with Crippen molar-refractivity contribution in [2.24, 2.45) is 11.7 Å². The molecule has 1 unspecified atom stereocenters. The lowest BCUT2D eigenvalue weighted by Crippen LogP contribution is -2.00. The van der Waals surface area contributed by atoms with E-state index >= 15 is 0 Å². The summed E-state index contributed by atoms with van der Waals surface area (Å²) in [6, 6.07) is 0. The van der Waals surface area contributed by atoms with Crippen LogP contribution < -0.4 is 5.73 Å². The summed E-state index contributed by atoms with van der Waals surface area (Å²) in [7, 11) is 0. The van der Waals surface area contributed by atoms with Crippen LogP contribution in [0, 0.1) is 5.92 Å². The summed E-state index contributed by atoms with van der Waals surface area (Å²) in [4.78, 5) is 0. The van der Waals surface area contributed by atoms with E-state index in [1.54, 1.807) is 0 Å². The van der Waals surface area contributed by atoms with Gasteiger partial charge in [-0.1, -0.05) is 18.6 Å². The van der Waals surface area contributed by atoms with E-state index < -0.39 is 0 Å². The van der Waals surface area contributed by atoms with E-state index in [4.69, 9.17) is 5.73 Å². The first kappa shape index (κ1) is 5.78. The van der Waals surface area contributed by atoms with Crippen LogP contribution in [-0.2, 0) is 0 Å². The van der Waals surface area contributed by atoms with Crippen molar-refractivity contribution < 1.29 is 0 Å². The van der Waals surface area contributed by atoms with Crippen LogP contribution in [0.1, 0.15) is 13.3 Å². The summed E-state index contributed by atoms with van der Waals surface area (Å²) in [6.07, 6.45) is 7.57. The van der Waals surface area contributed by atoms with Crippen LogP contribution in [0.2, 0.25) is 0 Å². The topological polar surface area (TPSA) is 26.0 Å². The Morgan fingerprint density at radius 1 is 1.50 bits per heavy atom. The lowest BCUT2D eigenvalue weighted by Gasteiger charge is -2.07. The van der Waals surface area contributed by atoms with E-state index in [0.29, 0.717) is 5.92 Å². The quantitative estimate of drug-likeness (QED) is 0.535. The minimum absolute atomic E-state index is 0.618. The van der Waals surface area contributed by atoms with Gasteiger partial charge in [-0.3, -0.25) is 0 Å². The Kier molecular flexibility index (Phi) is 1.01. The highest BCUT2D eigenvalue weighted by atomic mass is 14.6. The van der Waals surface area contributed by atoms with Crippen LogP contribution in [-0.4, -0.2) is 0 Å². The Balaban J connectivity index is 2.46. The molecule has 0 fully saturated rings. The third kappa shape index (κ3) is 0.703. The first-order chi connectivity index (χ1) is 4.75. The fraction of sp³-hybridized carbons (Fsp3) is 0.333. The molecule has 1 atom stereocenters. The van der Waals surface area contributed by atoms with Crippen LogP contribution in [0.5, 0.6) is 0 Å². The van der Waals surface area contributed by atoms with Crippen molar-refractivity contribution in [2.45, 2.75) is 13.3 Å². The summed E-state index contributed by atoms with van der Waals surface area (Å²) in [5.74, 6) is 0.618. The molecular formula is C9H11N. The molecule has 52 valence electrons. The fourth-order valence-corrected chi connectivity index (χ4v) is 1.64. The second kappa shape index (κ2) is 1.75. The maximum atomic E-state index is 5.66. The Hall–Kier alpha value is -0.980. The monoisotopic (exact) mass is 133 g/mol. The van der Waals surface area contributed by atoms with Crippen molar-refractivity contribution in [1.82, 2.24) is 0 Å². The van der Waals surface area contributed by atoms with E-state index in [1.165, 1.54) is 11.1 Å². The van der Waals surface area contributed by atoms with Crippen LogP contribution in [0.3, 0.4) is 0 Å². The number of hydrogen-bond donors (Lipinski definition) is 1. The lowest BCUT2D eigenvalue weighted by atomic mass is 10.0. The van der Waals surface area contributed by atoms with Crippen molar-refractivity contribution >= 4 is 0 Å². The van der Waals surface area contributed by atoms with Crippen LogP contribution in [0.15, 0.2) is 35.1 Å². The zero-order valence-electron chi connectivity index (χ0n) is 6.09. The number of rotatable bonds is 0. The van der Waals surface area contributed by atoms with Crippen molar-refractivity contribution in [3.05, 3.63) is 35.1 Å². The van der Waals surface area contributed by atoms with Gasteiger partial charge in [0.25, 0.3) is 0 Å². The Morgan fingerprint density at radius 3 is 3.00 bits per heavy atom. The smallest absolute Gasteiger partial charge is 0.0316 e. The average molecular weight is 133 g/mol. The number of fused-ring (bicyclic) bond motifs is 2. The SMILES string of the molecule is CC1C=C2C=C(N)C=C1C2. The molecule has 0 saturated carbocycles. The second-order valence-corrected chi connectivity index (χ2v) is 3.07. The summed E-state index contributed by atoms with van der Waals surface area (Å²) in [5.41, 5.74) is 9.43. The van der Waals surface area contributed by atoms with Gasteiger partial charge >= 0.3 is 0 Å². The molecule has 0 radical (unpaired) electrons. The molecule has 1 heteroatoms. The van der Waals surface area contributed by atoms with E-state index in [2.05, 4.69) is 25.2 Å². The van der Waals surface area contributed by atoms with Gasteiger partial charge in [0.2, 0.25) is 0 Å². The maximum Gasteiger partial charge on any atom is 0.0316 e. The van der Waals surface area contributed by atoms with E-state index in [9.17, 15) is 0 Å². The van der Waals surface area contributed by atoms with Crippen molar-refractivity contribution in [3.63, 3.8) is 0 Å². The highest BCUT2D eigenvalue weighted by Gasteiger charge is 2.18. The first-order valence-corrected chi connectivity index (χ1v) is 3.64. The van der Waals surface area contributed by atoms with Crippen molar-refractivity contribution in [2.75, 3.05) is 0 Å². The standard InChI is InChI=1S/C9H11N/c1-6-2-7-3-8(6)5-9(10)4-7/h2,4-6H,3,10H2,1H3. The molecule has 0 aromatic carbocycles. The van der Waals surface area contributed by atoms with Gasteiger partial charge in [0.05, 0.1) is 0 Å². The fourth-order valence-electron chi connectivity index (χ4n) is 1.64. The third-order valence-corrected chi connectivity index (χ3v) is 2.16. The predicted octanol–water partition coefficient (Wildman–Crippen LogP) is 1.74. The summed E-state index contributed by atoms with van der Waals surface area (Å²) in [6.45, 7) is 2.21. The van der Waals surface area contributed by atoms with Crippen molar-refractivity contribution in [1.29, 1.82) is 0 Å². The average Bonchev–Trinajstić information content (AvgIpc) is 2.07. The van der Waals surface area contributed by atoms with Gasteiger partial charge in [0.15, 0.2) is 0 Å². The normalized spacial score (nSPS) is 29.3. The van der Waals surface area contributed by atoms with E-state index in [1.807, 2.05) is 0 Å². The summed E-state index contributed by atoms with van der Waals surface area (Å²) < 4.78 is 0. The van der Waals surface area contributed by atoms with Crippen molar-refractivity contribution in [3.8, 4) is 0 Å². The molecule has 2 rings (SSSR count). The largest absolute Gasteiger partial charge is 0.399 e. The third-order valence-electron chi connectivity index (χ3n) is 2.16. The molecule has 2 aliphatic carbocycles. The zero-order chi connectivity index (χ0) is 7.14. The molecule has 0 aliphatic heterocycles. The predicted molar refractivity (Wildman–Crippen MR) is 42.2 cm³/mol. The molecule has 0 spiro atoms. The maximum absolute atomic E-state index is 5.66. The second-order valence-electron chi connectivity index (χ2n) is 3.07. The molecule has 0 aromatic heterocycles. The molecule has 2 aliphatic rings. The Bertz CT molecular complexity index is 256. The van der Waals surface area contributed by atoms with Gasteiger partial charge in [0.1, 0.15) is 0 Å². The Labute approximate surface area is 60.9 Å². The number of hydrogen-bond acceptors (Lipinski definition) is 1. The highest BCUT2D eigenvalue weighted by molar-refractivity contribution is 5.46. The molecule has 10 heavy (non-hydrogen) atoms. The minimum atomic E-state index is 0.618. The van der Waals surface area contributed by atoms with Gasteiger partial charge in [0, 0.05) is 5.70 Å². The van der Waals surface area contributed by atoms with E-state index in [-0.39, 0.29) is 0 Å². The molecule has 2 bridgehead atoms. The van der Waals surface area contributed by atoms with Gasteiger partial charge < -0.3 is 5.73 Å². The first-order valence-electron chi connectivity index (χ1n) is 3.64. The van der Waals surface area contributed by atoms with Gasteiger partial charge in [-0.15, -0.1) is 0 Å². The summed E-state index contributed by atoms with van der Waals surface area (Å²) >= 11 is 0. The van der Waals surface area contributed by atoms with Crippen LogP contribution in [0.4, 0.5) is 0 Å². The van der Waals surface area contributed by atoms with Crippen LogP contribution >= 0.6 is 0 Å². The molecule has 0 aromatic rings. The van der Waals surface area contributed by atoms with Gasteiger partial charge in [-0.05, 0) is 30.1 Å². The molecule has 0 saturated heterocycles. The minimum Gasteiger partial charge on any atom is -0.399 e. The summed E-state index contributed by atoms with van der Waals surface area (Å²) in [5, 5.41) is 0. The number of nitrogens with two attached hydrogens (primary N) is 1. The Morgan fingerprint density at radius 2 is 2.30 bits per heavy atom. The molecule has 0 amide bonds. The highest BCUT2D eigenvalue weighted by Crippen LogP contribution is 2.34. The molecule has 1 nitrogen and oxygen atoms in total. The lowest BCUT2D eigenvalue weighted by molar-refractivity contribution is 0.873. The molecular weight excluding hydrogens is 122 g/mol. The number of allylic oxidation sites excluding steroid dienone is 5.